The fraction of sp³-hybridized carbons (Fsp3) is 0.219. The van der Waals surface area contributed by atoms with E-state index in [1.807, 2.05) is 54.6 Å². The molecule has 0 aliphatic carbocycles. The zero-order valence-electron chi connectivity index (χ0n) is 23.0. The maximum atomic E-state index is 13.5. The first-order chi connectivity index (χ1) is 19.9. The Morgan fingerprint density at radius 1 is 0.805 bits per heavy atom. The Morgan fingerprint density at radius 2 is 1.41 bits per heavy atom. The summed E-state index contributed by atoms with van der Waals surface area (Å²) in [6.45, 7) is 5.65. The number of carbonyl (C=O) groups is 3. The van der Waals surface area contributed by atoms with Crippen LogP contribution in [0.15, 0.2) is 101 Å². The van der Waals surface area contributed by atoms with Crippen molar-refractivity contribution in [3.63, 3.8) is 0 Å². The van der Waals surface area contributed by atoms with Crippen molar-refractivity contribution in [3.8, 4) is 5.75 Å². The number of esters is 3. The van der Waals surface area contributed by atoms with Gasteiger partial charge in [0.05, 0.1) is 49.2 Å². The average molecular weight is 620 g/mol. The van der Waals surface area contributed by atoms with Gasteiger partial charge < -0.3 is 23.8 Å². The molecule has 1 aliphatic rings. The highest BCUT2D eigenvalue weighted by Crippen LogP contribution is 2.45. The lowest BCUT2D eigenvalue weighted by Gasteiger charge is -2.31. The molecule has 0 N–H and O–H groups in total. The molecular weight excluding hydrogens is 590 g/mol. The van der Waals surface area contributed by atoms with Gasteiger partial charge in [0, 0.05) is 28.1 Å². The molecule has 3 aromatic carbocycles. The number of carbonyl (C=O) groups excluding carboxylic acids is 3. The molecule has 4 rings (SSSR count). The third-order valence-corrected chi connectivity index (χ3v) is 6.76. The van der Waals surface area contributed by atoms with E-state index in [0.717, 1.165) is 20.9 Å². The number of anilines is 1. The first kappa shape index (κ1) is 29.6. The third-order valence-electron chi connectivity index (χ3n) is 6.23. The quantitative estimate of drug-likeness (QED) is 0.109. The van der Waals surface area contributed by atoms with Crippen molar-refractivity contribution in [1.82, 2.24) is 0 Å². The Morgan fingerprint density at radius 3 is 2.02 bits per heavy atom. The predicted octanol–water partition coefficient (Wildman–Crippen LogP) is 6.56. The van der Waals surface area contributed by atoms with Crippen LogP contribution in [0.2, 0.25) is 0 Å². The van der Waals surface area contributed by atoms with Gasteiger partial charge in [-0.3, -0.25) is 0 Å². The highest BCUT2D eigenvalue weighted by molar-refractivity contribution is 9.10. The maximum absolute atomic E-state index is 13.5. The SMILES string of the molecule is CCOC(=O)/C=C/Oc1ccc2ccccc2c1C1C(C(=O)OCC)=CN(c2ccc(Br)cc2)C=C1C(=O)OCC. The zero-order chi connectivity index (χ0) is 29.4. The molecule has 0 saturated carbocycles. The second kappa shape index (κ2) is 13.8. The van der Waals surface area contributed by atoms with Crippen molar-refractivity contribution in [1.29, 1.82) is 0 Å². The fourth-order valence-corrected chi connectivity index (χ4v) is 4.79. The van der Waals surface area contributed by atoms with Gasteiger partial charge in [-0.25, -0.2) is 14.4 Å². The highest BCUT2D eigenvalue weighted by Gasteiger charge is 2.38. The van der Waals surface area contributed by atoms with Gasteiger partial charge in [0.2, 0.25) is 0 Å². The van der Waals surface area contributed by atoms with Crippen LogP contribution in [-0.2, 0) is 28.6 Å². The second-order valence-corrected chi connectivity index (χ2v) is 9.71. The number of rotatable bonds is 10. The standard InChI is InChI=1S/C32H30BrNO7/c1-4-38-28(35)17-18-41-27-16-11-21-9-7-8-10-24(21)30(27)29-25(31(36)39-5-2)19-34(20-26(29)32(37)40-6-3)23-14-12-22(33)13-15-23/h7-20,29H,4-6H2,1-3H3/b18-17+. The number of halogens is 1. The average Bonchev–Trinajstić information content (AvgIpc) is 2.97. The number of benzene rings is 3. The summed E-state index contributed by atoms with van der Waals surface area (Å²) < 4.78 is 22.8. The van der Waals surface area contributed by atoms with Crippen LogP contribution < -0.4 is 9.64 Å². The van der Waals surface area contributed by atoms with E-state index in [0.29, 0.717) is 11.3 Å². The molecule has 0 amide bonds. The Balaban J connectivity index is 1.95. The van der Waals surface area contributed by atoms with Crippen molar-refractivity contribution in [2.45, 2.75) is 26.7 Å². The van der Waals surface area contributed by atoms with Crippen LogP contribution >= 0.6 is 15.9 Å². The summed E-state index contributed by atoms with van der Waals surface area (Å²) in [7, 11) is 0. The van der Waals surface area contributed by atoms with Crippen molar-refractivity contribution in [2.75, 3.05) is 24.7 Å². The fourth-order valence-electron chi connectivity index (χ4n) is 4.53. The van der Waals surface area contributed by atoms with Crippen LogP contribution in [0.3, 0.4) is 0 Å². The molecule has 0 aromatic heterocycles. The van der Waals surface area contributed by atoms with Crippen LogP contribution in [0, 0.1) is 0 Å². The Labute approximate surface area is 247 Å². The molecule has 0 bridgehead atoms. The molecule has 212 valence electrons. The van der Waals surface area contributed by atoms with E-state index in [-0.39, 0.29) is 31.0 Å². The van der Waals surface area contributed by atoms with Gasteiger partial charge >= 0.3 is 17.9 Å². The predicted molar refractivity (Wildman–Crippen MR) is 159 cm³/mol. The molecule has 0 spiro atoms. The largest absolute Gasteiger partial charge is 0.464 e. The minimum absolute atomic E-state index is 0.140. The summed E-state index contributed by atoms with van der Waals surface area (Å²) in [4.78, 5) is 40.7. The van der Waals surface area contributed by atoms with Gasteiger partial charge in [0.15, 0.2) is 0 Å². The lowest BCUT2D eigenvalue weighted by atomic mass is 9.80. The number of hydrogen-bond acceptors (Lipinski definition) is 8. The zero-order valence-corrected chi connectivity index (χ0v) is 24.6. The topological polar surface area (TPSA) is 91.4 Å². The maximum Gasteiger partial charge on any atom is 0.336 e. The van der Waals surface area contributed by atoms with Gasteiger partial charge in [-0.2, -0.15) is 0 Å². The molecule has 0 atom stereocenters. The van der Waals surface area contributed by atoms with Crippen molar-refractivity contribution in [2.24, 2.45) is 0 Å². The van der Waals surface area contributed by atoms with Crippen LogP contribution in [-0.4, -0.2) is 37.7 Å². The summed E-state index contributed by atoms with van der Waals surface area (Å²) in [6, 6.07) is 18.6. The highest BCUT2D eigenvalue weighted by atomic mass is 79.9. The van der Waals surface area contributed by atoms with E-state index < -0.39 is 23.8 Å². The van der Waals surface area contributed by atoms with Crippen LogP contribution in [0.5, 0.6) is 5.75 Å². The molecule has 9 heteroatoms. The van der Waals surface area contributed by atoms with E-state index in [1.165, 1.54) is 12.3 Å². The summed E-state index contributed by atoms with van der Waals surface area (Å²) in [5.41, 5.74) is 1.71. The Kier molecular flexibility index (Phi) is 9.97. The van der Waals surface area contributed by atoms with E-state index in [1.54, 1.807) is 44.1 Å². The van der Waals surface area contributed by atoms with Gasteiger partial charge in [-0.05, 0) is 61.9 Å². The second-order valence-electron chi connectivity index (χ2n) is 8.80. The Hall–Kier alpha value is -4.37. The lowest BCUT2D eigenvalue weighted by molar-refractivity contribution is -0.140. The van der Waals surface area contributed by atoms with Crippen LogP contribution in [0.1, 0.15) is 32.3 Å². The molecule has 0 unspecified atom stereocenters. The number of hydrogen-bond donors (Lipinski definition) is 0. The van der Waals surface area contributed by atoms with E-state index in [2.05, 4.69) is 15.9 Å². The van der Waals surface area contributed by atoms with Crippen LogP contribution in [0.4, 0.5) is 5.69 Å². The monoisotopic (exact) mass is 619 g/mol. The first-order valence-electron chi connectivity index (χ1n) is 13.2. The van der Waals surface area contributed by atoms with Gasteiger partial charge in [0.1, 0.15) is 5.75 Å². The summed E-state index contributed by atoms with van der Waals surface area (Å²) in [5, 5.41) is 1.62. The summed E-state index contributed by atoms with van der Waals surface area (Å²) >= 11 is 3.44. The van der Waals surface area contributed by atoms with Crippen molar-refractivity contribution in [3.05, 3.63) is 107 Å². The van der Waals surface area contributed by atoms with E-state index in [9.17, 15) is 14.4 Å². The number of ether oxygens (including phenoxy) is 4. The normalized spacial score (nSPS) is 13.5. The summed E-state index contributed by atoms with van der Waals surface area (Å²) in [6.07, 6.45) is 5.72. The molecule has 0 fully saturated rings. The first-order valence-corrected chi connectivity index (χ1v) is 14.0. The molecule has 8 nitrogen and oxygen atoms in total. The van der Waals surface area contributed by atoms with Crippen molar-refractivity contribution < 1.29 is 33.3 Å². The van der Waals surface area contributed by atoms with Gasteiger partial charge in [0.25, 0.3) is 0 Å². The number of nitrogens with zero attached hydrogens (tertiary/aromatic N) is 1. The molecule has 3 aromatic rings. The molecule has 0 saturated heterocycles. The van der Waals surface area contributed by atoms with Crippen LogP contribution in [0.25, 0.3) is 10.8 Å². The third kappa shape index (κ3) is 6.86. The number of fused-ring (bicyclic) bond motifs is 1. The molecule has 0 radical (unpaired) electrons. The van der Waals surface area contributed by atoms with Gasteiger partial charge in [-0.15, -0.1) is 0 Å². The lowest BCUT2D eigenvalue weighted by Crippen LogP contribution is -2.29. The van der Waals surface area contributed by atoms with E-state index >= 15 is 0 Å². The molecular formula is C32H30BrNO7. The minimum atomic E-state index is -0.906. The Bertz CT molecular complexity index is 1490. The summed E-state index contributed by atoms with van der Waals surface area (Å²) in [5.74, 6) is -2.29. The van der Waals surface area contributed by atoms with Gasteiger partial charge in [-0.1, -0.05) is 46.3 Å². The molecule has 41 heavy (non-hydrogen) atoms. The smallest absolute Gasteiger partial charge is 0.336 e. The van der Waals surface area contributed by atoms with E-state index in [4.69, 9.17) is 18.9 Å². The van der Waals surface area contributed by atoms with Crippen molar-refractivity contribution >= 4 is 50.3 Å². The molecule has 1 heterocycles. The minimum Gasteiger partial charge on any atom is -0.464 e. The molecule has 1 aliphatic heterocycles.